The summed E-state index contributed by atoms with van der Waals surface area (Å²) in [5, 5.41) is 11.5. The summed E-state index contributed by atoms with van der Waals surface area (Å²) in [5.74, 6) is -0.249. The van der Waals surface area contributed by atoms with Crippen molar-refractivity contribution in [2.75, 3.05) is 18.5 Å². The molecule has 5 heteroatoms. The maximum atomic E-state index is 11.9. The monoisotopic (exact) mass is 290 g/mol. The molecule has 1 amide bonds. The molecule has 1 N–H and O–H groups in total. The number of carbonyl (C=O) groups is 1. The molecule has 0 heterocycles. The highest BCUT2D eigenvalue weighted by Gasteiger charge is 2.15. The fourth-order valence-corrected chi connectivity index (χ4v) is 1.56. The standard InChI is InChI=1S/C16H22N2O3/c1-12(20-8-9-21-16(2,3)4)15(19)18-14-7-5-6-13(10-14)11-17/h5-7,10,12H,8-9H2,1-4H3,(H,18,19). The van der Waals surface area contributed by atoms with Gasteiger partial charge in [-0.25, -0.2) is 0 Å². The largest absolute Gasteiger partial charge is 0.373 e. The third kappa shape index (κ3) is 6.89. The second-order valence-corrected chi connectivity index (χ2v) is 5.66. The van der Waals surface area contributed by atoms with Crippen molar-refractivity contribution in [2.24, 2.45) is 0 Å². The van der Waals surface area contributed by atoms with Crippen molar-refractivity contribution >= 4 is 11.6 Å². The van der Waals surface area contributed by atoms with Crippen LogP contribution in [0.3, 0.4) is 0 Å². The number of nitriles is 1. The summed E-state index contributed by atoms with van der Waals surface area (Å²) in [6, 6.07) is 8.77. The third-order valence-corrected chi connectivity index (χ3v) is 2.61. The predicted octanol–water partition coefficient (Wildman–Crippen LogP) is 2.72. The van der Waals surface area contributed by atoms with Crippen LogP contribution in [0.5, 0.6) is 0 Å². The predicted molar refractivity (Wildman–Crippen MR) is 80.9 cm³/mol. The van der Waals surface area contributed by atoms with Crippen LogP contribution >= 0.6 is 0 Å². The second-order valence-electron chi connectivity index (χ2n) is 5.66. The molecule has 0 bridgehead atoms. The summed E-state index contributed by atoms with van der Waals surface area (Å²) in [6.07, 6.45) is -0.584. The van der Waals surface area contributed by atoms with Gasteiger partial charge in [0.2, 0.25) is 0 Å². The van der Waals surface area contributed by atoms with E-state index < -0.39 is 6.10 Å². The maximum absolute atomic E-state index is 11.9. The van der Waals surface area contributed by atoms with Gasteiger partial charge in [0, 0.05) is 5.69 Å². The topological polar surface area (TPSA) is 71.3 Å². The van der Waals surface area contributed by atoms with Gasteiger partial charge in [-0.05, 0) is 45.9 Å². The van der Waals surface area contributed by atoms with E-state index in [1.165, 1.54) is 0 Å². The molecule has 0 aliphatic carbocycles. The molecule has 5 nitrogen and oxygen atoms in total. The summed E-state index contributed by atoms with van der Waals surface area (Å²) in [4.78, 5) is 11.9. The zero-order chi connectivity index (χ0) is 15.9. The van der Waals surface area contributed by atoms with E-state index in [1.54, 1.807) is 31.2 Å². The molecule has 0 aliphatic heterocycles. The molecule has 114 valence electrons. The molecule has 1 aromatic rings. The van der Waals surface area contributed by atoms with E-state index in [-0.39, 0.29) is 11.5 Å². The fourth-order valence-electron chi connectivity index (χ4n) is 1.56. The molecule has 0 aromatic heterocycles. The quantitative estimate of drug-likeness (QED) is 0.818. The number of carbonyl (C=O) groups excluding carboxylic acids is 1. The van der Waals surface area contributed by atoms with Crippen LogP contribution < -0.4 is 5.32 Å². The van der Waals surface area contributed by atoms with Crippen molar-refractivity contribution in [2.45, 2.75) is 39.4 Å². The van der Waals surface area contributed by atoms with Crippen molar-refractivity contribution in [3.63, 3.8) is 0 Å². The molecule has 0 fully saturated rings. The number of amides is 1. The van der Waals surface area contributed by atoms with E-state index in [0.717, 1.165) is 0 Å². The smallest absolute Gasteiger partial charge is 0.253 e. The van der Waals surface area contributed by atoms with Gasteiger partial charge in [0.25, 0.3) is 5.91 Å². The van der Waals surface area contributed by atoms with Crippen molar-refractivity contribution in [3.05, 3.63) is 29.8 Å². The average Bonchev–Trinajstić information content (AvgIpc) is 2.42. The van der Waals surface area contributed by atoms with Crippen LogP contribution in [0.2, 0.25) is 0 Å². The minimum atomic E-state index is -0.584. The van der Waals surface area contributed by atoms with E-state index in [2.05, 4.69) is 5.32 Å². The van der Waals surface area contributed by atoms with Crippen LogP contribution in [0.15, 0.2) is 24.3 Å². The Morgan fingerprint density at radius 1 is 1.38 bits per heavy atom. The Balaban J connectivity index is 2.39. The first-order valence-electron chi connectivity index (χ1n) is 6.88. The molecule has 0 radical (unpaired) electrons. The van der Waals surface area contributed by atoms with Crippen molar-refractivity contribution in [1.82, 2.24) is 0 Å². The lowest BCUT2D eigenvalue weighted by Crippen LogP contribution is -2.30. The number of anilines is 1. The normalized spacial score (nSPS) is 12.5. The molecule has 21 heavy (non-hydrogen) atoms. The minimum absolute atomic E-state index is 0.216. The summed E-state index contributed by atoms with van der Waals surface area (Å²) in [5.41, 5.74) is 0.868. The van der Waals surface area contributed by atoms with Gasteiger partial charge in [-0.1, -0.05) is 6.07 Å². The Morgan fingerprint density at radius 3 is 2.71 bits per heavy atom. The molecule has 0 aliphatic rings. The van der Waals surface area contributed by atoms with Crippen molar-refractivity contribution in [1.29, 1.82) is 5.26 Å². The summed E-state index contributed by atoms with van der Waals surface area (Å²) in [6.45, 7) is 8.36. The highest BCUT2D eigenvalue weighted by molar-refractivity contribution is 5.94. The highest BCUT2D eigenvalue weighted by Crippen LogP contribution is 2.11. The number of nitrogens with one attached hydrogen (secondary N) is 1. The number of rotatable bonds is 6. The Morgan fingerprint density at radius 2 is 2.10 bits per heavy atom. The Hall–Kier alpha value is -1.90. The van der Waals surface area contributed by atoms with Crippen LogP contribution in [0.4, 0.5) is 5.69 Å². The zero-order valence-electron chi connectivity index (χ0n) is 13.0. The van der Waals surface area contributed by atoms with Gasteiger partial charge in [-0.2, -0.15) is 5.26 Å². The van der Waals surface area contributed by atoms with Crippen LogP contribution in [-0.2, 0) is 14.3 Å². The van der Waals surface area contributed by atoms with Crippen molar-refractivity contribution < 1.29 is 14.3 Å². The first kappa shape index (κ1) is 17.2. The molecule has 1 aromatic carbocycles. The third-order valence-electron chi connectivity index (χ3n) is 2.61. The fraction of sp³-hybridized carbons (Fsp3) is 0.500. The van der Waals surface area contributed by atoms with Gasteiger partial charge in [-0.15, -0.1) is 0 Å². The number of ether oxygens (including phenoxy) is 2. The molecular weight excluding hydrogens is 268 g/mol. The van der Waals surface area contributed by atoms with Gasteiger partial charge < -0.3 is 14.8 Å². The number of hydrogen-bond acceptors (Lipinski definition) is 4. The number of nitrogens with zero attached hydrogens (tertiary/aromatic N) is 1. The lowest BCUT2D eigenvalue weighted by molar-refractivity contribution is -0.128. The molecule has 1 rings (SSSR count). The Labute approximate surface area is 125 Å². The average molecular weight is 290 g/mol. The van der Waals surface area contributed by atoms with E-state index in [1.807, 2.05) is 26.8 Å². The lowest BCUT2D eigenvalue weighted by atomic mass is 10.2. The lowest BCUT2D eigenvalue weighted by Gasteiger charge is -2.20. The minimum Gasteiger partial charge on any atom is -0.373 e. The summed E-state index contributed by atoms with van der Waals surface area (Å²) in [7, 11) is 0. The van der Waals surface area contributed by atoms with Gasteiger partial charge >= 0.3 is 0 Å². The first-order valence-corrected chi connectivity index (χ1v) is 6.88. The van der Waals surface area contributed by atoms with Crippen LogP contribution in [-0.4, -0.2) is 30.8 Å². The van der Waals surface area contributed by atoms with E-state index in [9.17, 15) is 4.79 Å². The zero-order valence-corrected chi connectivity index (χ0v) is 13.0. The highest BCUT2D eigenvalue weighted by atomic mass is 16.5. The van der Waals surface area contributed by atoms with Crippen molar-refractivity contribution in [3.8, 4) is 6.07 Å². The Kier molecular flexibility index (Phi) is 6.35. The number of hydrogen-bond donors (Lipinski definition) is 1. The molecule has 1 atom stereocenters. The van der Waals surface area contributed by atoms with E-state index in [4.69, 9.17) is 14.7 Å². The van der Waals surface area contributed by atoms with Gasteiger partial charge in [0.1, 0.15) is 6.10 Å². The Bertz CT molecular complexity index is 515. The van der Waals surface area contributed by atoms with E-state index in [0.29, 0.717) is 24.5 Å². The maximum Gasteiger partial charge on any atom is 0.253 e. The molecule has 0 spiro atoms. The summed E-state index contributed by atoms with van der Waals surface area (Å²) >= 11 is 0. The second kappa shape index (κ2) is 7.77. The molecule has 0 saturated carbocycles. The van der Waals surface area contributed by atoms with Gasteiger partial charge in [0.05, 0.1) is 30.4 Å². The van der Waals surface area contributed by atoms with Gasteiger partial charge in [-0.3, -0.25) is 4.79 Å². The SMILES string of the molecule is CC(OCCOC(C)(C)C)C(=O)Nc1cccc(C#N)c1. The van der Waals surface area contributed by atoms with Crippen LogP contribution in [0.25, 0.3) is 0 Å². The summed E-state index contributed by atoms with van der Waals surface area (Å²) < 4.78 is 10.9. The van der Waals surface area contributed by atoms with Crippen LogP contribution in [0, 0.1) is 11.3 Å². The molecular formula is C16H22N2O3. The van der Waals surface area contributed by atoms with Gasteiger partial charge in [0.15, 0.2) is 0 Å². The first-order chi connectivity index (χ1) is 9.81. The van der Waals surface area contributed by atoms with E-state index >= 15 is 0 Å². The van der Waals surface area contributed by atoms with Crippen LogP contribution in [0.1, 0.15) is 33.3 Å². The molecule has 0 saturated heterocycles. The molecule has 1 unspecified atom stereocenters. The number of benzene rings is 1.